The van der Waals surface area contributed by atoms with Crippen molar-refractivity contribution < 1.29 is 5.11 Å². The van der Waals surface area contributed by atoms with E-state index in [4.69, 9.17) is 5.73 Å². The van der Waals surface area contributed by atoms with E-state index in [2.05, 4.69) is 0 Å². The van der Waals surface area contributed by atoms with Gasteiger partial charge in [0.05, 0.1) is 6.10 Å². The Labute approximate surface area is 82.8 Å². The summed E-state index contributed by atoms with van der Waals surface area (Å²) in [6, 6.07) is 7.93. The molecule has 0 radical (unpaired) electrons. The summed E-state index contributed by atoms with van der Waals surface area (Å²) in [4.78, 5) is 0. The van der Waals surface area contributed by atoms with Gasteiger partial charge in [0.15, 0.2) is 0 Å². The van der Waals surface area contributed by atoms with E-state index >= 15 is 0 Å². The molecule has 3 heteroatoms. The molecule has 1 heterocycles. The molecule has 0 aliphatic carbocycles. The third-order valence-electron chi connectivity index (χ3n) is 2.52. The van der Waals surface area contributed by atoms with Crippen LogP contribution in [0.3, 0.4) is 0 Å². The fraction of sp³-hybridized carbons (Fsp3) is 0.273. The van der Waals surface area contributed by atoms with Crippen molar-refractivity contribution in [3.8, 4) is 0 Å². The number of aromatic nitrogens is 1. The lowest BCUT2D eigenvalue weighted by Crippen LogP contribution is -2.11. The maximum atomic E-state index is 9.56. The molecule has 0 saturated carbocycles. The summed E-state index contributed by atoms with van der Waals surface area (Å²) in [6.45, 7) is 0.262. The molecule has 2 rings (SSSR count). The van der Waals surface area contributed by atoms with E-state index in [1.807, 2.05) is 42.1 Å². The molecule has 74 valence electrons. The lowest BCUT2D eigenvalue weighted by Gasteiger charge is -2.07. The summed E-state index contributed by atoms with van der Waals surface area (Å²) < 4.78 is 2.05. The van der Waals surface area contributed by atoms with Gasteiger partial charge in [-0.25, -0.2) is 0 Å². The van der Waals surface area contributed by atoms with Crippen molar-refractivity contribution in [3.05, 3.63) is 36.0 Å². The van der Waals surface area contributed by atoms with Crippen LogP contribution in [0.25, 0.3) is 10.9 Å². The fourth-order valence-corrected chi connectivity index (χ4v) is 1.64. The van der Waals surface area contributed by atoms with Crippen LogP contribution < -0.4 is 5.73 Å². The van der Waals surface area contributed by atoms with Crippen molar-refractivity contribution in [2.45, 2.75) is 6.10 Å². The van der Waals surface area contributed by atoms with E-state index in [-0.39, 0.29) is 6.54 Å². The molecular formula is C11H14N2O. The van der Waals surface area contributed by atoms with Crippen LogP contribution >= 0.6 is 0 Å². The molecule has 0 amide bonds. The van der Waals surface area contributed by atoms with E-state index in [1.54, 1.807) is 0 Å². The van der Waals surface area contributed by atoms with Crippen LogP contribution in [0.5, 0.6) is 0 Å². The van der Waals surface area contributed by atoms with Crippen LogP contribution in [0.4, 0.5) is 0 Å². The molecule has 0 unspecified atom stereocenters. The second kappa shape index (κ2) is 3.44. The summed E-state index contributed by atoms with van der Waals surface area (Å²) in [7, 11) is 2.00. The zero-order chi connectivity index (χ0) is 10.1. The molecule has 1 aromatic heterocycles. The van der Waals surface area contributed by atoms with Gasteiger partial charge in [0.1, 0.15) is 0 Å². The molecule has 0 aliphatic heterocycles. The van der Waals surface area contributed by atoms with E-state index in [0.29, 0.717) is 0 Å². The predicted octanol–water partition coefficient (Wildman–Crippen LogP) is 1.17. The number of benzene rings is 1. The molecule has 3 N–H and O–H groups in total. The largest absolute Gasteiger partial charge is 0.387 e. The Hall–Kier alpha value is -1.32. The average molecular weight is 190 g/mol. The zero-order valence-electron chi connectivity index (χ0n) is 8.14. The van der Waals surface area contributed by atoms with Crippen LogP contribution in [0.15, 0.2) is 30.5 Å². The first-order chi connectivity index (χ1) is 6.72. The monoisotopic (exact) mass is 190 g/mol. The second-order valence-corrected chi connectivity index (χ2v) is 3.50. The van der Waals surface area contributed by atoms with Crippen molar-refractivity contribution in [1.29, 1.82) is 0 Å². The number of aliphatic hydroxyl groups excluding tert-OH is 1. The zero-order valence-corrected chi connectivity index (χ0v) is 8.14. The highest BCUT2D eigenvalue weighted by molar-refractivity contribution is 5.80. The van der Waals surface area contributed by atoms with Crippen LogP contribution in [-0.2, 0) is 7.05 Å². The topological polar surface area (TPSA) is 51.2 Å². The Morgan fingerprint density at radius 3 is 2.93 bits per heavy atom. The van der Waals surface area contributed by atoms with E-state index in [0.717, 1.165) is 16.5 Å². The highest BCUT2D eigenvalue weighted by atomic mass is 16.3. The SMILES string of the molecule is Cn1ccc2cc([C@@H](O)CN)ccc21. The van der Waals surface area contributed by atoms with Gasteiger partial charge in [-0.3, -0.25) is 0 Å². The van der Waals surface area contributed by atoms with Crippen molar-refractivity contribution >= 4 is 10.9 Å². The molecule has 0 saturated heterocycles. The number of rotatable bonds is 2. The molecule has 0 fully saturated rings. The van der Waals surface area contributed by atoms with Gasteiger partial charge in [0, 0.05) is 25.3 Å². The van der Waals surface area contributed by atoms with E-state index in [1.165, 1.54) is 0 Å². The van der Waals surface area contributed by atoms with Gasteiger partial charge in [-0.15, -0.1) is 0 Å². The summed E-state index contributed by atoms with van der Waals surface area (Å²) in [6.07, 6.45) is 1.45. The van der Waals surface area contributed by atoms with Gasteiger partial charge < -0.3 is 15.4 Å². The number of hydrogen-bond acceptors (Lipinski definition) is 2. The number of fused-ring (bicyclic) bond motifs is 1. The predicted molar refractivity (Wildman–Crippen MR) is 56.9 cm³/mol. The standard InChI is InChI=1S/C11H14N2O/c1-13-5-4-8-6-9(11(14)7-12)2-3-10(8)13/h2-6,11,14H,7,12H2,1H3/t11-/m0/s1. The van der Waals surface area contributed by atoms with Crippen molar-refractivity contribution in [1.82, 2.24) is 4.57 Å². The highest BCUT2D eigenvalue weighted by Crippen LogP contribution is 2.20. The molecule has 1 atom stereocenters. The maximum absolute atomic E-state index is 9.56. The quantitative estimate of drug-likeness (QED) is 0.747. The fourth-order valence-electron chi connectivity index (χ4n) is 1.64. The summed E-state index contributed by atoms with van der Waals surface area (Å²) >= 11 is 0. The third-order valence-corrected chi connectivity index (χ3v) is 2.52. The smallest absolute Gasteiger partial charge is 0.0912 e. The van der Waals surface area contributed by atoms with Crippen LogP contribution in [0, 0.1) is 0 Å². The molecule has 3 nitrogen and oxygen atoms in total. The summed E-state index contributed by atoms with van der Waals surface area (Å²) in [5, 5.41) is 10.7. The number of aryl methyl sites for hydroxylation is 1. The van der Waals surface area contributed by atoms with Gasteiger partial charge in [-0.2, -0.15) is 0 Å². The van der Waals surface area contributed by atoms with Crippen molar-refractivity contribution in [2.24, 2.45) is 12.8 Å². The molecule has 1 aromatic carbocycles. The van der Waals surface area contributed by atoms with Gasteiger partial charge in [-0.1, -0.05) is 6.07 Å². The average Bonchev–Trinajstić information content (AvgIpc) is 2.59. The number of nitrogens with two attached hydrogens (primary N) is 1. The van der Waals surface area contributed by atoms with Gasteiger partial charge in [0.2, 0.25) is 0 Å². The van der Waals surface area contributed by atoms with Crippen LogP contribution in [-0.4, -0.2) is 16.2 Å². The minimum Gasteiger partial charge on any atom is -0.387 e. The molecule has 14 heavy (non-hydrogen) atoms. The number of aliphatic hydroxyl groups is 1. The van der Waals surface area contributed by atoms with E-state index in [9.17, 15) is 5.11 Å². The molecule has 2 aromatic rings. The van der Waals surface area contributed by atoms with E-state index < -0.39 is 6.10 Å². The normalized spacial score (nSPS) is 13.4. The summed E-state index contributed by atoms with van der Waals surface area (Å²) in [5.41, 5.74) is 7.44. The Kier molecular flexibility index (Phi) is 2.27. The Balaban J connectivity index is 2.52. The summed E-state index contributed by atoms with van der Waals surface area (Å²) in [5.74, 6) is 0. The first kappa shape index (κ1) is 9.24. The molecule has 0 bridgehead atoms. The Morgan fingerprint density at radius 2 is 2.21 bits per heavy atom. The van der Waals surface area contributed by atoms with Gasteiger partial charge in [-0.05, 0) is 29.1 Å². The Bertz CT molecular complexity index is 447. The lowest BCUT2D eigenvalue weighted by atomic mass is 10.1. The number of nitrogens with zero attached hydrogens (tertiary/aromatic N) is 1. The van der Waals surface area contributed by atoms with Crippen molar-refractivity contribution in [2.75, 3.05) is 6.54 Å². The first-order valence-corrected chi connectivity index (χ1v) is 4.65. The number of hydrogen-bond donors (Lipinski definition) is 2. The van der Waals surface area contributed by atoms with Gasteiger partial charge in [0.25, 0.3) is 0 Å². The van der Waals surface area contributed by atoms with Gasteiger partial charge >= 0.3 is 0 Å². The minimum absolute atomic E-state index is 0.262. The lowest BCUT2D eigenvalue weighted by molar-refractivity contribution is 0.187. The highest BCUT2D eigenvalue weighted by Gasteiger charge is 2.06. The molecular weight excluding hydrogens is 176 g/mol. The third kappa shape index (κ3) is 1.41. The molecule has 0 spiro atoms. The maximum Gasteiger partial charge on any atom is 0.0912 e. The molecule has 0 aliphatic rings. The van der Waals surface area contributed by atoms with Crippen molar-refractivity contribution in [3.63, 3.8) is 0 Å². The minimum atomic E-state index is -0.556. The van der Waals surface area contributed by atoms with Crippen LogP contribution in [0.2, 0.25) is 0 Å². The van der Waals surface area contributed by atoms with Crippen LogP contribution in [0.1, 0.15) is 11.7 Å². The first-order valence-electron chi connectivity index (χ1n) is 4.65. The second-order valence-electron chi connectivity index (χ2n) is 3.50. The Morgan fingerprint density at radius 1 is 1.43 bits per heavy atom.